The zero-order chi connectivity index (χ0) is 9.78. The van der Waals surface area contributed by atoms with E-state index in [1.54, 1.807) is 0 Å². The van der Waals surface area contributed by atoms with Crippen molar-refractivity contribution in [2.24, 2.45) is 0 Å². The van der Waals surface area contributed by atoms with Crippen LogP contribution in [0.4, 0.5) is 0 Å². The third kappa shape index (κ3) is 10.7. The summed E-state index contributed by atoms with van der Waals surface area (Å²) < 4.78 is 28.5. The topological polar surface area (TPSA) is 94.5 Å². The van der Waals surface area contributed by atoms with Gasteiger partial charge in [0, 0.05) is 0 Å². The summed E-state index contributed by atoms with van der Waals surface area (Å²) in [5.41, 5.74) is -0.0429. The van der Waals surface area contributed by atoms with Gasteiger partial charge in [0.2, 0.25) is 0 Å². The summed E-state index contributed by atoms with van der Waals surface area (Å²) in [6, 6.07) is 0. The van der Waals surface area contributed by atoms with Gasteiger partial charge in [0.25, 0.3) is 10.1 Å². The number of rotatable bonds is 4. The zero-order valence-electron chi connectivity index (χ0n) is 7.48. The van der Waals surface area contributed by atoms with Gasteiger partial charge in [-0.2, -0.15) is 8.42 Å². The van der Waals surface area contributed by atoms with E-state index in [1.807, 2.05) is 0 Å². The molecule has 70 valence electrons. The molecule has 0 saturated heterocycles. The van der Waals surface area contributed by atoms with Crippen molar-refractivity contribution >= 4 is 16.1 Å². The predicted molar refractivity (Wildman–Crippen MR) is 39.8 cm³/mol. The fourth-order valence-corrected chi connectivity index (χ4v) is 0.923. The molecule has 1 N–H and O–H groups in total. The third-order valence-electron chi connectivity index (χ3n) is 1.15. The minimum absolute atomic E-state index is 0. The van der Waals surface area contributed by atoms with Crippen LogP contribution in [-0.4, -0.2) is 24.7 Å². The first kappa shape index (κ1) is 16.2. The van der Waals surface area contributed by atoms with Gasteiger partial charge >= 0.3 is 51.4 Å². The van der Waals surface area contributed by atoms with Crippen molar-refractivity contribution < 1.29 is 74.3 Å². The van der Waals surface area contributed by atoms with E-state index in [1.165, 1.54) is 13.0 Å². The van der Waals surface area contributed by atoms with Crippen LogP contribution in [0, 0.1) is 0 Å². The van der Waals surface area contributed by atoms with E-state index < -0.39 is 21.8 Å². The van der Waals surface area contributed by atoms with Gasteiger partial charge in [0.1, 0.15) is 0 Å². The molecule has 0 heterocycles. The maximum atomic E-state index is 10.1. The minimum atomic E-state index is -4.00. The van der Waals surface area contributed by atoms with Crippen molar-refractivity contribution in [2.45, 2.75) is 13.3 Å². The van der Waals surface area contributed by atoms with Gasteiger partial charge in [-0.1, -0.05) is 6.08 Å². The quantitative estimate of drug-likeness (QED) is 0.302. The van der Waals surface area contributed by atoms with Gasteiger partial charge in [-0.3, -0.25) is 4.55 Å². The Kier molecular flexibility index (Phi) is 8.85. The van der Waals surface area contributed by atoms with E-state index in [0.29, 0.717) is 0 Å². The number of carboxylic acids is 1. The van der Waals surface area contributed by atoms with Gasteiger partial charge in [-0.25, -0.2) is 0 Å². The molecule has 0 aromatic carbocycles. The second-order valence-corrected chi connectivity index (χ2v) is 3.82. The van der Waals surface area contributed by atoms with Gasteiger partial charge in [0.15, 0.2) is 0 Å². The average molecular weight is 232 g/mol. The number of hydrogen-bond acceptors (Lipinski definition) is 4. The molecule has 0 unspecified atom stereocenters. The summed E-state index contributed by atoms with van der Waals surface area (Å²) in [6.45, 7) is 1.29. The Morgan fingerprint density at radius 2 is 2.00 bits per heavy atom. The molecule has 0 aliphatic rings. The fraction of sp³-hybridized carbons (Fsp3) is 0.500. The van der Waals surface area contributed by atoms with E-state index in [-0.39, 0.29) is 63.4 Å². The normalized spacial score (nSPS) is 12.0. The SMILES string of the molecule is CC(=CCCS(=O)(=O)O)C(=O)[O-].[K+]. The average Bonchev–Trinajstić information content (AvgIpc) is 1.84. The Morgan fingerprint density at radius 3 is 2.31 bits per heavy atom. The Bertz CT molecular complexity index is 292. The van der Waals surface area contributed by atoms with Crippen molar-refractivity contribution in [1.29, 1.82) is 0 Å². The van der Waals surface area contributed by atoms with Crippen molar-refractivity contribution in [3.63, 3.8) is 0 Å². The van der Waals surface area contributed by atoms with Crippen LogP contribution in [0.1, 0.15) is 13.3 Å². The molecule has 0 aliphatic heterocycles. The van der Waals surface area contributed by atoms with E-state index in [9.17, 15) is 18.3 Å². The summed E-state index contributed by atoms with van der Waals surface area (Å²) in [4.78, 5) is 10.1. The molecule has 0 aromatic rings. The van der Waals surface area contributed by atoms with Crippen LogP contribution in [0.2, 0.25) is 0 Å². The second-order valence-electron chi connectivity index (χ2n) is 2.25. The monoisotopic (exact) mass is 232 g/mol. The standard InChI is InChI=1S/C6H10O5S.K/c1-5(6(7)8)3-2-4-12(9,10)11;/h3H,2,4H2,1H3,(H,7,8)(H,9,10,11);/q;+1/p-1. The molecule has 0 aromatic heterocycles. The van der Waals surface area contributed by atoms with Crippen LogP contribution >= 0.6 is 0 Å². The molecule has 0 fully saturated rings. The number of aliphatic carboxylic acids is 1. The largest absolute Gasteiger partial charge is 1.00 e. The van der Waals surface area contributed by atoms with E-state index in [4.69, 9.17) is 4.55 Å². The Morgan fingerprint density at radius 1 is 1.54 bits per heavy atom. The molecule has 7 heteroatoms. The molecule has 0 rings (SSSR count). The minimum Gasteiger partial charge on any atom is -0.545 e. The zero-order valence-corrected chi connectivity index (χ0v) is 11.4. The molecule has 0 spiro atoms. The van der Waals surface area contributed by atoms with Gasteiger partial charge < -0.3 is 9.90 Å². The maximum Gasteiger partial charge on any atom is 1.00 e. The van der Waals surface area contributed by atoms with Crippen molar-refractivity contribution in [3.05, 3.63) is 11.6 Å². The summed E-state index contributed by atoms with van der Waals surface area (Å²) >= 11 is 0. The van der Waals surface area contributed by atoms with Crippen LogP contribution < -0.4 is 56.5 Å². The molecule has 0 saturated carbocycles. The molecule has 5 nitrogen and oxygen atoms in total. The molecule has 0 radical (unpaired) electrons. The summed E-state index contributed by atoms with van der Waals surface area (Å²) in [6.07, 6.45) is 1.15. The Hall–Kier alpha value is 0.756. The van der Waals surface area contributed by atoms with Crippen LogP contribution in [0.5, 0.6) is 0 Å². The molecular weight excluding hydrogens is 223 g/mol. The number of allylic oxidation sites excluding steroid dienone is 1. The second kappa shape index (κ2) is 7.10. The molecule has 0 atom stereocenters. The summed E-state index contributed by atoms with van der Waals surface area (Å²) in [7, 11) is -4.00. The maximum absolute atomic E-state index is 10.1. The van der Waals surface area contributed by atoms with Gasteiger partial charge in [0.05, 0.1) is 11.7 Å². The van der Waals surface area contributed by atoms with Crippen LogP contribution in [0.25, 0.3) is 0 Å². The first-order valence-corrected chi connectivity index (χ1v) is 4.77. The van der Waals surface area contributed by atoms with Crippen LogP contribution in [0.15, 0.2) is 11.6 Å². The smallest absolute Gasteiger partial charge is 0.545 e. The predicted octanol–water partition coefficient (Wildman–Crippen LogP) is -4.04. The van der Waals surface area contributed by atoms with Crippen LogP contribution in [-0.2, 0) is 14.9 Å². The third-order valence-corrected chi connectivity index (χ3v) is 1.90. The fourth-order valence-electron chi connectivity index (χ4n) is 0.508. The number of carbonyl (C=O) groups excluding carboxylic acids is 1. The Labute approximate surface area is 119 Å². The number of carbonyl (C=O) groups is 1. The van der Waals surface area contributed by atoms with Crippen molar-refractivity contribution in [3.8, 4) is 0 Å². The first-order valence-electron chi connectivity index (χ1n) is 3.16. The van der Waals surface area contributed by atoms with E-state index in [2.05, 4.69) is 0 Å². The first-order chi connectivity index (χ1) is 5.33. The summed E-state index contributed by atoms with van der Waals surface area (Å²) in [5.74, 6) is -1.82. The van der Waals surface area contributed by atoms with Gasteiger partial charge in [-0.15, -0.1) is 0 Å². The molecular formula is C6H9KO5S. The van der Waals surface area contributed by atoms with Gasteiger partial charge in [-0.05, 0) is 18.9 Å². The summed E-state index contributed by atoms with van der Waals surface area (Å²) in [5, 5.41) is 10.1. The van der Waals surface area contributed by atoms with Crippen molar-refractivity contribution in [1.82, 2.24) is 0 Å². The van der Waals surface area contributed by atoms with Crippen LogP contribution in [0.3, 0.4) is 0 Å². The number of carboxylic acid groups (broad SMARTS) is 1. The molecule has 0 aliphatic carbocycles. The van der Waals surface area contributed by atoms with E-state index >= 15 is 0 Å². The Balaban J connectivity index is 0. The van der Waals surface area contributed by atoms with E-state index in [0.717, 1.165) is 0 Å². The number of hydrogen-bond donors (Lipinski definition) is 1. The van der Waals surface area contributed by atoms with Crippen molar-refractivity contribution in [2.75, 3.05) is 5.75 Å². The molecule has 13 heavy (non-hydrogen) atoms. The molecule has 0 amide bonds. The molecule has 0 bridgehead atoms.